The number of aromatic nitrogens is 4. The Bertz CT molecular complexity index is 945. The Kier molecular flexibility index (Phi) is 8.13. The molecular formula is C21H27ClN6O3. The number of amides is 2. The standard InChI is InChI=1S/C21H27ClN6O3/c1-3-23-19(29)14-31-21-6-4-5-11-27(21)20(30)10-8-16-7-9-18(22)12-17(16)13-28-25-15(2)24-26-28/h7-10,12,21H,3-6,11,13-14H2,1-2H3,(H,23,29)/b10-8+. The van der Waals surface area contributed by atoms with Crippen LogP contribution in [0.4, 0.5) is 0 Å². The Balaban J connectivity index is 1.69. The van der Waals surface area contributed by atoms with Crippen molar-refractivity contribution in [2.24, 2.45) is 0 Å². The molecule has 1 fully saturated rings. The van der Waals surface area contributed by atoms with Crippen molar-refractivity contribution in [3.63, 3.8) is 0 Å². The van der Waals surface area contributed by atoms with Crippen LogP contribution in [0.2, 0.25) is 5.02 Å². The number of ether oxygens (including phenoxy) is 1. The van der Waals surface area contributed by atoms with Gasteiger partial charge in [-0.15, -0.1) is 10.2 Å². The van der Waals surface area contributed by atoms with E-state index in [-0.39, 0.29) is 18.4 Å². The summed E-state index contributed by atoms with van der Waals surface area (Å²) < 4.78 is 5.72. The van der Waals surface area contributed by atoms with Gasteiger partial charge in [-0.05, 0) is 67.7 Å². The van der Waals surface area contributed by atoms with E-state index in [0.717, 1.165) is 24.0 Å². The van der Waals surface area contributed by atoms with Crippen molar-refractivity contribution in [3.05, 3.63) is 46.2 Å². The predicted molar refractivity (Wildman–Crippen MR) is 116 cm³/mol. The maximum Gasteiger partial charge on any atom is 0.248 e. The first-order chi connectivity index (χ1) is 15.0. The molecule has 1 N–H and O–H groups in total. The summed E-state index contributed by atoms with van der Waals surface area (Å²) in [5, 5.41) is 15.4. The minimum atomic E-state index is -0.402. The summed E-state index contributed by atoms with van der Waals surface area (Å²) >= 11 is 6.16. The second-order valence-corrected chi connectivity index (χ2v) is 7.73. The molecule has 1 unspecified atom stereocenters. The molecule has 31 heavy (non-hydrogen) atoms. The van der Waals surface area contributed by atoms with Crippen LogP contribution in [-0.2, 0) is 20.9 Å². The monoisotopic (exact) mass is 446 g/mol. The van der Waals surface area contributed by atoms with E-state index in [1.807, 2.05) is 19.1 Å². The minimum absolute atomic E-state index is 0.0579. The zero-order valence-corrected chi connectivity index (χ0v) is 18.5. The van der Waals surface area contributed by atoms with Crippen LogP contribution >= 0.6 is 11.6 Å². The van der Waals surface area contributed by atoms with E-state index in [9.17, 15) is 9.59 Å². The van der Waals surface area contributed by atoms with Gasteiger partial charge in [0.2, 0.25) is 11.8 Å². The number of halogens is 1. The molecular weight excluding hydrogens is 420 g/mol. The lowest BCUT2D eigenvalue weighted by molar-refractivity contribution is -0.151. The number of aryl methyl sites for hydroxylation is 1. The normalized spacial score (nSPS) is 16.6. The van der Waals surface area contributed by atoms with Gasteiger partial charge in [0.05, 0.1) is 6.54 Å². The average Bonchev–Trinajstić information content (AvgIpc) is 3.16. The Morgan fingerprint density at radius 1 is 1.35 bits per heavy atom. The molecule has 0 bridgehead atoms. The van der Waals surface area contributed by atoms with Crippen molar-refractivity contribution in [1.82, 2.24) is 30.4 Å². The third-order valence-electron chi connectivity index (χ3n) is 4.89. The van der Waals surface area contributed by atoms with Gasteiger partial charge in [-0.3, -0.25) is 9.59 Å². The van der Waals surface area contributed by atoms with E-state index in [0.29, 0.717) is 36.9 Å². The minimum Gasteiger partial charge on any atom is -0.354 e. The van der Waals surface area contributed by atoms with Crippen molar-refractivity contribution >= 4 is 29.5 Å². The number of likely N-dealkylation sites (N-methyl/N-ethyl adjacent to an activating group) is 1. The summed E-state index contributed by atoms with van der Waals surface area (Å²) in [6.45, 7) is 5.09. The van der Waals surface area contributed by atoms with Crippen LogP contribution in [0.15, 0.2) is 24.3 Å². The van der Waals surface area contributed by atoms with Crippen molar-refractivity contribution in [1.29, 1.82) is 0 Å². The lowest BCUT2D eigenvalue weighted by Crippen LogP contribution is -2.45. The summed E-state index contributed by atoms with van der Waals surface area (Å²) in [5.74, 6) is 0.244. The summed E-state index contributed by atoms with van der Waals surface area (Å²) in [7, 11) is 0. The molecule has 2 aromatic rings. The molecule has 0 saturated carbocycles. The highest BCUT2D eigenvalue weighted by atomic mass is 35.5. The van der Waals surface area contributed by atoms with Gasteiger partial charge < -0.3 is 15.0 Å². The summed E-state index contributed by atoms with van der Waals surface area (Å²) in [5.41, 5.74) is 1.71. The van der Waals surface area contributed by atoms with E-state index in [1.54, 1.807) is 24.0 Å². The van der Waals surface area contributed by atoms with E-state index < -0.39 is 6.23 Å². The number of tetrazole rings is 1. The number of nitrogens with one attached hydrogen (secondary N) is 1. The molecule has 1 atom stereocenters. The first-order valence-electron chi connectivity index (χ1n) is 10.4. The first-order valence-corrected chi connectivity index (χ1v) is 10.7. The molecule has 1 aromatic heterocycles. The topological polar surface area (TPSA) is 102 Å². The van der Waals surface area contributed by atoms with Gasteiger partial charge in [0, 0.05) is 24.2 Å². The van der Waals surface area contributed by atoms with Gasteiger partial charge in [0.25, 0.3) is 0 Å². The molecule has 3 rings (SSSR count). The van der Waals surface area contributed by atoms with Gasteiger partial charge in [0.1, 0.15) is 12.8 Å². The van der Waals surface area contributed by atoms with E-state index >= 15 is 0 Å². The first kappa shape index (κ1) is 22.9. The molecule has 166 valence electrons. The number of nitrogens with zero attached hydrogens (tertiary/aromatic N) is 5. The molecule has 2 amide bonds. The van der Waals surface area contributed by atoms with Gasteiger partial charge >= 0.3 is 0 Å². The smallest absolute Gasteiger partial charge is 0.248 e. The number of carbonyl (C=O) groups is 2. The van der Waals surface area contributed by atoms with Crippen molar-refractivity contribution in [2.75, 3.05) is 19.7 Å². The number of rotatable bonds is 8. The van der Waals surface area contributed by atoms with Crippen LogP contribution in [-0.4, -0.2) is 62.8 Å². The van der Waals surface area contributed by atoms with E-state index in [2.05, 4.69) is 20.7 Å². The summed E-state index contributed by atoms with van der Waals surface area (Å²) in [6.07, 6.45) is 5.46. The maximum absolute atomic E-state index is 12.9. The lowest BCUT2D eigenvalue weighted by Gasteiger charge is -2.34. The fourth-order valence-electron chi connectivity index (χ4n) is 3.42. The van der Waals surface area contributed by atoms with Crippen molar-refractivity contribution in [3.8, 4) is 0 Å². The second-order valence-electron chi connectivity index (χ2n) is 7.29. The third kappa shape index (κ3) is 6.60. The van der Waals surface area contributed by atoms with Crippen LogP contribution in [0.3, 0.4) is 0 Å². The average molecular weight is 447 g/mol. The molecule has 10 heteroatoms. The molecule has 0 spiro atoms. The van der Waals surface area contributed by atoms with Crippen LogP contribution in [0.1, 0.15) is 43.1 Å². The second kappa shape index (κ2) is 11.0. The molecule has 0 radical (unpaired) electrons. The highest BCUT2D eigenvalue weighted by Crippen LogP contribution is 2.21. The van der Waals surface area contributed by atoms with Gasteiger partial charge in [-0.25, -0.2) is 0 Å². The van der Waals surface area contributed by atoms with Crippen LogP contribution < -0.4 is 5.32 Å². The fourth-order valence-corrected chi connectivity index (χ4v) is 3.61. The summed E-state index contributed by atoms with van der Waals surface area (Å²) in [6, 6.07) is 5.45. The number of benzene rings is 1. The van der Waals surface area contributed by atoms with Crippen molar-refractivity contribution in [2.45, 2.75) is 45.9 Å². The third-order valence-corrected chi connectivity index (χ3v) is 5.12. The Morgan fingerprint density at radius 3 is 2.94 bits per heavy atom. The fraction of sp³-hybridized carbons (Fsp3) is 0.476. The highest BCUT2D eigenvalue weighted by molar-refractivity contribution is 6.30. The molecule has 1 aliphatic heterocycles. The quantitative estimate of drug-likeness (QED) is 0.623. The SMILES string of the molecule is CCNC(=O)COC1CCCCN1C(=O)/C=C/c1ccc(Cl)cc1Cn1nnc(C)n1. The van der Waals surface area contributed by atoms with Crippen LogP contribution in [0, 0.1) is 6.92 Å². The largest absolute Gasteiger partial charge is 0.354 e. The number of piperidine rings is 1. The summed E-state index contributed by atoms with van der Waals surface area (Å²) in [4.78, 5) is 27.8. The molecule has 1 aromatic carbocycles. The van der Waals surface area contributed by atoms with E-state index in [4.69, 9.17) is 16.3 Å². The molecule has 0 aliphatic carbocycles. The predicted octanol–water partition coefficient (Wildman–Crippen LogP) is 2.19. The van der Waals surface area contributed by atoms with Crippen molar-refractivity contribution < 1.29 is 14.3 Å². The molecule has 1 aliphatic rings. The lowest BCUT2D eigenvalue weighted by atomic mass is 10.1. The number of likely N-dealkylation sites (tertiary alicyclic amines) is 1. The van der Waals surface area contributed by atoms with Gasteiger partial charge in [-0.2, -0.15) is 4.80 Å². The highest BCUT2D eigenvalue weighted by Gasteiger charge is 2.26. The molecule has 1 saturated heterocycles. The van der Waals surface area contributed by atoms with Crippen LogP contribution in [0.25, 0.3) is 6.08 Å². The maximum atomic E-state index is 12.9. The van der Waals surface area contributed by atoms with E-state index in [1.165, 1.54) is 10.9 Å². The molecule has 2 heterocycles. The number of hydrogen-bond acceptors (Lipinski definition) is 6. The Labute approximate surface area is 186 Å². The zero-order valence-electron chi connectivity index (χ0n) is 17.8. The van der Waals surface area contributed by atoms with Gasteiger partial charge in [-0.1, -0.05) is 17.7 Å². The van der Waals surface area contributed by atoms with Gasteiger partial charge in [0.15, 0.2) is 5.82 Å². The Morgan fingerprint density at radius 2 is 2.19 bits per heavy atom. The number of hydrogen-bond donors (Lipinski definition) is 1. The number of carbonyl (C=O) groups excluding carboxylic acids is 2. The molecule has 9 nitrogen and oxygen atoms in total. The van der Waals surface area contributed by atoms with Crippen LogP contribution in [0.5, 0.6) is 0 Å². The Hall–Kier alpha value is -2.78. The zero-order chi connectivity index (χ0) is 22.2.